The Labute approximate surface area is 79.9 Å². The second-order valence-corrected chi connectivity index (χ2v) is 4.62. The van der Waals surface area contributed by atoms with Crippen molar-refractivity contribution in [1.29, 1.82) is 0 Å². The molecule has 2 rings (SSSR count). The predicted molar refractivity (Wildman–Crippen MR) is 51.1 cm³/mol. The molecular formula is C10H10BrF. The van der Waals surface area contributed by atoms with Gasteiger partial charge < -0.3 is 0 Å². The van der Waals surface area contributed by atoms with Crippen molar-refractivity contribution in [3.63, 3.8) is 0 Å². The molecule has 1 saturated carbocycles. The summed E-state index contributed by atoms with van der Waals surface area (Å²) in [6, 6.07) is 6.93. The highest BCUT2D eigenvalue weighted by Crippen LogP contribution is 2.40. The summed E-state index contributed by atoms with van der Waals surface area (Å²) < 4.78 is 12.8. The zero-order valence-corrected chi connectivity index (χ0v) is 8.22. The van der Waals surface area contributed by atoms with Crippen LogP contribution in [0.2, 0.25) is 0 Å². The van der Waals surface area contributed by atoms with Crippen molar-refractivity contribution in [3.05, 3.63) is 35.6 Å². The van der Waals surface area contributed by atoms with Crippen LogP contribution < -0.4 is 0 Å². The molecule has 0 amide bonds. The number of alkyl halides is 1. The minimum absolute atomic E-state index is 0.120. The summed E-state index contributed by atoms with van der Waals surface area (Å²) in [5, 5.41) is 0. The monoisotopic (exact) mass is 228 g/mol. The summed E-state index contributed by atoms with van der Waals surface area (Å²) in [6.45, 7) is 0. The Kier molecular flexibility index (Phi) is 2.18. The number of rotatable bonds is 1. The number of benzene rings is 1. The third-order valence-corrected chi connectivity index (χ3v) is 3.15. The smallest absolute Gasteiger partial charge is 0.123 e. The molecule has 0 spiro atoms. The van der Waals surface area contributed by atoms with Gasteiger partial charge in [0.1, 0.15) is 5.82 Å². The first-order valence-electron chi connectivity index (χ1n) is 4.15. The molecule has 0 aliphatic heterocycles. The van der Waals surface area contributed by atoms with Crippen LogP contribution in [0.1, 0.15) is 24.3 Å². The van der Waals surface area contributed by atoms with E-state index >= 15 is 0 Å². The van der Waals surface area contributed by atoms with E-state index in [9.17, 15) is 4.39 Å². The van der Waals surface area contributed by atoms with Gasteiger partial charge in [0.15, 0.2) is 0 Å². The molecule has 0 saturated heterocycles. The normalized spacial score (nSPS) is 28.2. The molecule has 2 heteroatoms. The topological polar surface area (TPSA) is 0 Å². The van der Waals surface area contributed by atoms with Gasteiger partial charge in [-0.2, -0.15) is 0 Å². The lowest BCUT2D eigenvalue weighted by Crippen LogP contribution is -2.21. The molecule has 1 aliphatic rings. The fraction of sp³-hybridized carbons (Fsp3) is 0.400. The van der Waals surface area contributed by atoms with E-state index in [1.165, 1.54) is 6.07 Å². The van der Waals surface area contributed by atoms with Crippen LogP contribution in [0.4, 0.5) is 4.39 Å². The van der Waals surface area contributed by atoms with Gasteiger partial charge in [0.05, 0.1) is 0 Å². The van der Waals surface area contributed by atoms with Crippen LogP contribution in [0.3, 0.4) is 0 Å². The average Bonchev–Trinajstić information content (AvgIpc) is 1.99. The molecule has 0 unspecified atom stereocenters. The first-order chi connectivity index (χ1) is 5.75. The van der Waals surface area contributed by atoms with E-state index in [-0.39, 0.29) is 5.82 Å². The SMILES string of the molecule is Fc1cccc(C2CC(Br)C2)c1. The van der Waals surface area contributed by atoms with Crippen LogP contribution in [0, 0.1) is 5.82 Å². The van der Waals surface area contributed by atoms with E-state index in [0.29, 0.717) is 10.7 Å². The van der Waals surface area contributed by atoms with Crippen LogP contribution in [-0.4, -0.2) is 4.83 Å². The van der Waals surface area contributed by atoms with Crippen molar-refractivity contribution in [2.75, 3.05) is 0 Å². The highest BCUT2D eigenvalue weighted by Gasteiger charge is 2.27. The molecule has 1 fully saturated rings. The Morgan fingerprint density at radius 3 is 2.67 bits per heavy atom. The standard InChI is InChI=1S/C10H10BrF/c11-9-4-8(5-9)7-2-1-3-10(12)6-7/h1-3,6,8-9H,4-5H2. The molecule has 1 aliphatic carbocycles. The zero-order chi connectivity index (χ0) is 8.55. The Morgan fingerprint density at radius 1 is 1.33 bits per heavy atom. The first kappa shape index (κ1) is 8.24. The molecule has 0 nitrogen and oxygen atoms in total. The maximum absolute atomic E-state index is 12.8. The molecule has 0 bridgehead atoms. The molecule has 0 N–H and O–H groups in total. The summed E-state index contributed by atoms with van der Waals surface area (Å²) in [6.07, 6.45) is 2.28. The third kappa shape index (κ3) is 1.53. The summed E-state index contributed by atoms with van der Waals surface area (Å²) in [5.74, 6) is 0.454. The first-order valence-corrected chi connectivity index (χ1v) is 5.07. The largest absolute Gasteiger partial charge is 0.207 e. The fourth-order valence-corrected chi connectivity index (χ4v) is 2.48. The van der Waals surface area contributed by atoms with E-state index in [1.807, 2.05) is 6.07 Å². The second kappa shape index (κ2) is 3.17. The van der Waals surface area contributed by atoms with Gasteiger partial charge in [0.25, 0.3) is 0 Å². The summed E-state index contributed by atoms with van der Waals surface area (Å²) in [5.41, 5.74) is 1.14. The summed E-state index contributed by atoms with van der Waals surface area (Å²) in [4.78, 5) is 0.644. The molecule has 1 aromatic carbocycles. The average molecular weight is 229 g/mol. The van der Waals surface area contributed by atoms with E-state index in [4.69, 9.17) is 0 Å². The quantitative estimate of drug-likeness (QED) is 0.647. The molecular weight excluding hydrogens is 219 g/mol. The zero-order valence-electron chi connectivity index (χ0n) is 6.63. The highest BCUT2D eigenvalue weighted by atomic mass is 79.9. The Bertz CT molecular complexity index is 279. The van der Waals surface area contributed by atoms with Gasteiger partial charge in [-0.3, -0.25) is 0 Å². The lowest BCUT2D eigenvalue weighted by Gasteiger charge is -2.31. The van der Waals surface area contributed by atoms with Crippen LogP contribution in [-0.2, 0) is 0 Å². The van der Waals surface area contributed by atoms with Crippen molar-refractivity contribution in [1.82, 2.24) is 0 Å². The van der Waals surface area contributed by atoms with Crippen LogP contribution in [0.5, 0.6) is 0 Å². The van der Waals surface area contributed by atoms with Gasteiger partial charge in [-0.05, 0) is 36.5 Å². The Morgan fingerprint density at radius 2 is 2.08 bits per heavy atom. The van der Waals surface area contributed by atoms with Crippen molar-refractivity contribution in [3.8, 4) is 0 Å². The second-order valence-electron chi connectivity index (χ2n) is 3.32. The lowest BCUT2D eigenvalue weighted by molar-refractivity contribution is 0.439. The molecule has 0 atom stereocenters. The number of hydrogen-bond donors (Lipinski definition) is 0. The van der Waals surface area contributed by atoms with Crippen LogP contribution >= 0.6 is 15.9 Å². The fourth-order valence-electron chi connectivity index (χ4n) is 1.58. The minimum atomic E-state index is -0.120. The molecule has 0 aromatic heterocycles. The Hall–Kier alpha value is -0.370. The predicted octanol–water partition coefficient (Wildman–Crippen LogP) is 3.47. The van der Waals surface area contributed by atoms with E-state index in [0.717, 1.165) is 18.4 Å². The van der Waals surface area contributed by atoms with Gasteiger partial charge in [0, 0.05) is 4.83 Å². The number of hydrogen-bond acceptors (Lipinski definition) is 0. The molecule has 0 heterocycles. The van der Waals surface area contributed by atoms with Gasteiger partial charge in [-0.1, -0.05) is 28.1 Å². The van der Waals surface area contributed by atoms with Gasteiger partial charge in [0.2, 0.25) is 0 Å². The molecule has 64 valence electrons. The highest BCUT2D eigenvalue weighted by molar-refractivity contribution is 9.09. The van der Waals surface area contributed by atoms with Crippen molar-refractivity contribution >= 4 is 15.9 Å². The van der Waals surface area contributed by atoms with Crippen molar-refractivity contribution < 1.29 is 4.39 Å². The Balaban J connectivity index is 2.13. The summed E-state index contributed by atoms with van der Waals surface area (Å²) >= 11 is 3.52. The van der Waals surface area contributed by atoms with Crippen molar-refractivity contribution in [2.24, 2.45) is 0 Å². The third-order valence-electron chi connectivity index (χ3n) is 2.40. The van der Waals surface area contributed by atoms with Gasteiger partial charge >= 0.3 is 0 Å². The van der Waals surface area contributed by atoms with E-state index < -0.39 is 0 Å². The van der Waals surface area contributed by atoms with Crippen LogP contribution in [0.15, 0.2) is 24.3 Å². The number of halogens is 2. The summed E-state index contributed by atoms with van der Waals surface area (Å²) in [7, 11) is 0. The molecule has 0 radical (unpaired) electrons. The molecule has 1 aromatic rings. The maximum Gasteiger partial charge on any atom is 0.123 e. The maximum atomic E-state index is 12.8. The van der Waals surface area contributed by atoms with Crippen LogP contribution in [0.25, 0.3) is 0 Å². The van der Waals surface area contributed by atoms with E-state index in [2.05, 4.69) is 15.9 Å². The lowest BCUT2D eigenvalue weighted by atomic mass is 9.80. The van der Waals surface area contributed by atoms with Crippen molar-refractivity contribution in [2.45, 2.75) is 23.6 Å². The van der Waals surface area contributed by atoms with E-state index in [1.54, 1.807) is 12.1 Å². The van der Waals surface area contributed by atoms with Gasteiger partial charge in [-0.25, -0.2) is 4.39 Å². The minimum Gasteiger partial charge on any atom is -0.207 e. The molecule has 12 heavy (non-hydrogen) atoms. The van der Waals surface area contributed by atoms with Gasteiger partial charge in [-0.15, -0.1) is 0 Å².